The molecule has 2 atom stereocenters. The molecule has 1 aliphatic carbocycles. The SMILES string of the molecule is CN(Cc1ccccn1)C1CCCC1N. The second-order valence-corrected chi connectivity index (χ2v) is 4.40. The zero-order chi connectivity index (χ0) is 10.7. The Labute approximate surface area is 91.3 Å². The number of rotatable bonds is 3. The van der Waals surface area contributed by atoms with Crippen molar-refractivity contribution in [3.8, 4) is 0 Å². The Hall–Kier alpha value is -0.930. The maximum Gasteiger partial charge on any atom is 0.0543 e. The van der Waals surface area contributed by atoms with E-state index in [4.69, 9.17) is 5.73 Å². The van der Waals surface area contributed by atoms with Gasteiger partial charge in [-0.15, -0.1) is 0 Å². The molecule has 1 fully saturated rings. The minimum absolute atomic E-state index is 0.346. The summed E-state index contributed by atoms with van der Waals surface area (Å²) >= 11 is 0. The van der Waals surface area contributed by atoms with Crippen LogP contribution >= 0.6 is 0 Å². The van der Waals surface area contributed by atoms with Gasteiger partial charge in [-0.3, -0.25) is 9.88 Å². The van der Waals surface area contributed by atoms with Gasteiger partial charge in [-0.2, -0.15) is 0 Å². The van der Waals surface area contributed by atoms with Crippen LogP contribution in [-0.2, 0) is 6.54 Å². The van der Waals surface area contributed by atoms with Crippen LogP contribution < -0.4 is 5.73 Å². The first-order valence-electron chi connectivity index (χ1n) is 5.63. The normalized spacial score (nSPS) is 26.1. The summed E-state index contributed by atoms with van der Waals surface area (Å²) in [6, 6.07) is 6.93. The van der Waals surface area contributed by atoms with Crippen molar-refractivity contribution in [1.29, 1.82) is 0 Å². The highest BCUT2D eigenvalue weighted by Gasteiger charge is 2.27. The number of pyridine rings is 1. The Balaban J connectivity index is 1.94. The van der Waals surface area contributed by atoms with Crippen molar-refractivity contribution in [2.45, 2.75) is 37.9 Å². The van der Waals surface area contributed by atoms with Crippen LogP contribution in [0.15, 0.2) is 24.4 Å². The second-order valence-electron chi connectivity index (χ2n) is 4.40. The van der Waals surface area contributed by atoms with E-state index in [1.165, 1.54) is 12.8 Å². The van der Waals surface area contributed by atoms with Gasteiger partial charge in [0.25, 0.3) is 0 Å². The van der Waals surface area contributed by atoms with Crippen LogP contribution in [0.3, 0.4) is 0 Å². The summed E-state index contributed by atoms with van der Waals surface area (Å²) in [5, 5.41) is 0. The number of likely N-dealkylation sites (N-methyl/N-ethyl adjacent to an activating group) is 1. The Morgan fingerprint density at radius 2 is 2.33 bits per heavy atom. The summed E-state index contributed by atoms with van der Waals surface area (Å²) in [7, 11) is 2.14. The molecule has 0 radical (unpaired) electrons. The standard InChI is InChI=1S/C12H19N3/c1-15(12-7-4-6-11(12)13)9-10-5-2-3-8-14-10/h2-3,5,8,11-12H,4,6-7,9,13H2,1H3. The summed E-state index contributed by atoms with van der Waals surface area (Å²) in [5.74, 6) is 0. The van der Waals surface area contributed by atoms with E-state index in [-0.39, 0.29) is 0 Å². The average molecular weight is 205 g/mol. The number of aromatic nitrogens is 1. The third-order valence-corrected chi connectivity index (χ3v) is 3.24. The third kappa shape index (κ3) is 2.55. The van der Waals surface area contributed by atoms with Crippen LogP contribution in [-0.4, -0.2) is 29.0 Å². The van der Waals surface area contributed by atoms with Crippen molar-refractivity contribution >= 4 is 0 Å². The first kappa shape index (κ1) is 10.6. The lowest BCUT2D eigenvalue weighted by Gasteiger charge is -2.27. The predicted octanol–water partition coefficient (Wildman–Crippen LogP) is 1.39. The van der Waals surface area contributed by atoms with Gasteiger partial charge in [0, 0.05) is 24.8 Å². The summed E-state index contributed by atoms with van der Waals surface area (Å²) in [5.41, 5.74) is 7.20. The highest BCUT2D eigenvalue weighted by atomic mass is 15.2. The van der Waals surface area contributed by atoms with E-state index in [9.17, 15) is 0 Å². The highest BCUT2D eigenvalue weighted by molar-refractivity contribution is 5.04. The fourth-order valence-corrected chi connectivity index (χ4v) is 2.38. The monoisotopic (exact) mass is 205 g/mol. The Kier molecular flexibility index (Phi) is 3.34. The molecule has 1 aliphatic rings. The van der Waals surface area contributed by atoms with Crippen molar-refractivity contribution in [3.63, 3.8) is 0 Å². The average Bonchev–Trinajstić information content (AvgIpc) is 2.66. The van der Waals surface area contributed by atoms with Crippen molar-refractivity contribution in [2.24, 2.45) is 5.73 Å². The number of hydrogen-bond donors (Lipinski definition) is 1. The molecule has 1 aromatic heterocycles. The number of nitrogens with two attached hydrogens (primary N) is 1. The smallest absolute Gasteiger partial charge is 0.0543 e. The first-order chi connectivity index (χ1) is 7.27. The number of nitrogens with zero attached hydrogens (tertiary/aromatic N) is 2. The topological polar surface area (TPSA) is 42.2 Å². The number of hydrogen-bond acceptors (Lipinski definition) is 3. The lowest BCUT2D eigenvalue weighted by molar-refractivity contribution is 0.218. The van der Waals surface area contributed by atoms with Crippen molar-refractivity contribution in [3.05, 3.63) is 30.1 Å². The van der Waals surface area contributed by atoms with Crippen LogP contribution in [0, 0.1) is 0 Å². The van der Waals surface area contributed by atoms with E-state index in [0.29, 0.717) is 12.1 Å². The van der Waals surface area contributed by atoms with Crippen LogP contribution in [0.5, 0.6) is 0 Å². The van der Waals surface area contributed by atoms with Gasteiger partial charge in [0.1, 0.15) is 0 Å². The highest BCUT2D eigenvalue weighted by Crippen LogP contribution is 2.22. The fraction of sp³-hybridized carbons (Fsp3) is 0.583. The summed E-state index contributed by atoms with van der Waals surface area (Å²) in [6.45, 7) is 0.902. The van der Waals surface area contributed by atoms with Crippen LogP contribution in [0.25, 0.3) is 0 Å². The molecular weight excluding hydrogens is 186 g/mol. The van der Waals surface area contributed by atoms with E-state index in [2.05, 4.69) is 23.0 Å². The van der Waals surface area contributed by atoms with Gasteiger partial charge in [0.2, 0.25) is 0 Å². The third-order valence-electron chi connectivity index (χ3n) is 3.24. The Bertz CT molecular complexity index is 299. The van der Waals surface area contributed by atoms with Gasteiger partial charge in [0.15, 0.2) is 0 Å². The van der Waals surface area contributed by atoms with Crippen molar-refractivity contribution in [1.82, 2.24) is 9.88 Å². The maximum absolute atomic E-state index is 6.07. The molecule has 1 aromatic rings. The fourth-order valence-electron chi connectivity index (χ4n) is 2.38. The first-order valence-corrected chi connectivity index (χ1v) is 5.63. The quantitative estimate of drug-likeness (QED) is 0.811. The second kappa shape index (κ2) is 4.73. The van der Waals surface area contributed by atoms with Crippen molar-refractivity contribution in [2.75, 3.05) is 7.05 Å². The predicted molar refractivity (Wildman–Crippen MR) is 61.3 cm³/mol. The molecule has 0 bridgehead atoms. The van der Waals surface area contributed by atoms with Gasteiger partial charge < -0.3 is 5.73 Å². The zero-order valence-electron chi connectivity index (χ0n) is 9.26. The van der Waals surface area contributed by atoms with Crippen LogP contribution in [0.2, 0.25) is 0 Å². The van der Waals surface area contributed by atoms with Gasteiger partial charge >= 0.3 is 0 Å². The summed E-state index contributed by atoms with van der Waals surface area (Å²) in [6.07, 6.45) is 5.50. The minimum Gasteiger partial charge on any atom is -0.326 e. The molecule has 2 N–H and O–H groups in total. The lowest BCUT2D eigenvalue weighted by Crippen LogP contribution is -2.41. The zero-order valence-corrected chi connectivity index (χ0v) is 9.26. The van der Waals surface area contributed by atoms with Gasteiger partial charge in [0.05, 0.1) is 5.69 Å². The molecular formula is C12H19N3. The minimum atomic E-state index is 0.346. The molecule has 2 rings (SSSR count). The summed E-state index contributed by atoms with van der Waals surface area (Å²) in [4.78, 5) is 6.67. The molecule has 0 saturated heterocycles. The molecule has 1 saturated carbocycles. The van der Waals surface area contributed by atoms with E-state index in [0.717, 1.165) is 18.7 Å². The van der Waals surface area contributed by atoms with Gasteiger partial charge in [-0.25, -0.2) is 0 Å². The van der Waals surface area contributed by atoms with Crippen molar-refractivity contribution < 1.29 is 0 Å². The van der Waals surface area contributed by atoms with E-state index >= 15 is 0 Å². The largest absolute Gasteiger partial charge is 0.326 e. The van der Waals surface area contributed by atoms with E-state index < -0.39 is 0 Å². The van der Waals surface area contributed by atoms with Crippen LogP contribution in [0.4, 0.5) is 0 Å². The Morgan fingerprint density at radius 1 is 1.47 bits per heavy atom. The molecule has 82 valence electrons. The molecule has 0 amide bonds. The van der Waals surface area contributed by atoms with Gasteiger partial charge in [-0.1, -0.05) is 12.5 Å². The van der Waals surface area contributed by atoms with Gasteiger partial charge in [-0.05, 0) is 32.0 Å². The molecule has 3 nitrogen and oxygen atoms in total. The van der Waals surface area contributed by atoms with E-state index in [1.54, 1.807) is 0 Å². The summed E-state index contributed by atoms with van der Waals surface area (Å²) < 4.78 is 0. The molecule has 0 aliphatic heterocycles. The molecule has 1 heterocycles. The Morgan fingerprint density at radius 3 is 2.93 bits per heavy atom. The molecule has 0 spiro atoms. The molecule has 0 aromatic carbocycles. The lowest BCUT2D eigenvalue weighted by atomic mass is 10.1. The molecule has 2 unspecified atom stereocenters. The molecule has 15 heavy (non-hydrogen) atoms. The molecule has 3 heteroatoms. The van der Waals surface area contributed by atoms with E-state index in [1.807, 2.05) is 18.3 Å². The van der Waals surface area contributed by atoms with Crippen LogP contribution in [0.1, 0.15) is 25.0 Å². The maximum atomic E-state index is 6.07.